The molecular formula is C18H12BrCl2NO4. The number of hydrogen-bond acceptors (Lipinski definition) is 4. The number of aliphatic carboxylic acids is 1. The van der Waals surface area contributed by atoms with Gasteiger partial charge in [0, 0.05) is 10.6 Å². The van der Waals surface area contributed by atoms with Gasteiger partial charge < -0.3 is 14.6 Å². The van der Waals surface area contributed by atoms with E-state index in [1.807, 2.05) is 0 Å². The molecule has 0 atom stereocenters. The first kappa shape index (κ1) is 20.1. The third-order valence-electron chi connectivity index (χ3n) is 3.24. The molecule has 0 bridgehead atoms. The van der Waals surface area contributed by atoms with Crippen LogP contribution in [-0.2, 0) is 4.79 Å². The number of methoxy groups -OCH3 is 1. The standard InChI is InChI=1S/C18H12BrCl2NO4/c1-25-16-6-10(5-14(19)18(16)26-9-17(23)24)4-11(8-22)13-3-2-12(20)7-15(13)21/h2-7H,9H2,1H3,(H,23,24)/b11-4+. The zero-order valence-corrected chi connectivity index (χ0v) is 16.5. The van der Waals surface area contributed by atoms with Crippen molar-refractivity contribution < 1.29 is 19.4 Å². The molecule has 5 nitrogen and oxygen atoms in total. The fourth-order valence-electron chi connectivity index (χ4n) is 2.14. The monoisotopic (exact) mass is 455 g/mol. The first-order chi connectivity index (χ1) is 12.3. The van der Waals surface area contributed by atoms with E-state index < -0.39 is 12.6 Å². The molecule has 26 heavy (non-hydrogen) atoms. The number of rotatable bonds is 6. The van der Waals surface area contributed by atoms with E-state index in [0.29, 0.717) is 37.0 Å². The van der Waals surface area contributed by atoms with Gasteiger partial charge in [0.05, 0.1) is 28.2 Å². The highest BCUT2D eigenvalue weighted by Gasteiger charge is 2.14. The second-order valence-electron chi connectivity index (χ2n) is 5.01. The van der Waals surface area contributed by atoms with Crippen molar-refractivity contribution in [3.63, 3.8) is 0 Å². The number of carboxylic acid groups (broad SMARTS) is 1. The minimum absolute atomic E-state index is 0.259. The third kappa shape index (κ3) is 4.92. The number of halogens is 3. The van der Waals surface area contributed by atoms with Crippen molar-refractivity contribution in [2.45, 2.75) is 0 Å². The smallest absolute Gasteiger partial charge is 0.341 e. The van der Waals surface area contributed by atoms with Crippen LogP contribution in [0.5, 0.6) is 11.5 Å². The fraction of sp³-hybridized carbons (Fsp3) is 0.111. The van der Waals surface area contributed by atoms with E-state index in [0.717, 1.165) is 0 Å². The summed E-state index contributed by atoms with van der Waals surface area (Å²) in [6.07, 6.45) is 1.63. The second-order valence-corrected chi connectivity index (χ2v) is 6.71. The van der Waals surface area contributed by atoms with E-state index in [-0.39, 0.29) is 5.75 Å². The Labute approximate surface area is 168 Å². The van der Waals surface area contributed by atoms with Crippen LogP contribution in [0.1, 0.15) is 11.1 Å². The van der Waals surface area contributed by atoms with Gasteiger partial charge in [-0.1, -0.05) is 29.3 Å². The number of nitrogens with zero attached hydrogens (tertiary/aromatic N) is 1. The largest absolute Gasteiger partial charge is 0.493 e. The van der Waals surface area contributed by atoms with Gasteiger partial charge in [0.2, 0.25) is 0 Å². The summed E-state index contributed by atoms with van der Waals surface area (Å²) in [5, 5.41) is 19.1. The molecule has 0 aliphatic rings. The molecule has 0 saturated heterocycles. The molecule has 0 aliphatic heterocycles. The molecular weight excluding hydrogens is 445 g/mol. The lowest BCUT2D eigenvalue weighted by atomic mass is 10.0. The first-order valence-corrected chi connectivity index (χ1v) is 8.70. The van der Waals surface area contributed by atoms with Gasteiger partial charge in [-0.3, -0.25) is 0 Å². The van der Waals surface area contributed by atoms with E-state index >= 15 is 0 Å². The van der Waals surface area contributed by atoms with Gasteiger partial charge in [0.15, 0.2) is 18.1 Å². The van der Waals surface area contributed by atoms with Crippen LogP contribution in [0.4, 0.5) is 0 Å². The highest BCUT2D eigenvalue weighted by molar-refractivity contribution is 9.10. The maximum absolute atomic E-state index is 10.7. The normalized spacial score (nSPS) is 11.0. The third-order valence-corrected chi connectivity index (χ3v) is 4.38. The van der Waals surface area contributed by atoms with E-state index in [4.69, 9.17) is 37.8 Å². The summed E-state index contributed by atoms with van der Waals surface area (Å²) in [5.74, 6) is -0.520. The summed E-state index contributed by atoms with van der Waals surface area (Å²) >= 11 is 15.4. The topological polar surface area (TPSA) is 79.5 Å². The highest BCUT2D eigenvalue weighted by atomic mass is 79.9. The maximum atomic E-state index is 10.7. The first-order valence-electron chi connectivity index (χ1n) is 7.15. The Morgan fingerprint density at radius 2 is 2.08 bits per heavy atom. The van der Waals surface area contributed by atoms with Crippen molar-refractivity contribution in [2.75, 3.05) is 13.7 Å². The van der Waals surface area contributed by atoms with E-state index in [2.05, 4.69) is 22.0 Å². The zero-order valence-electron chi connectivity index (χ0n) is 13.4. The van der Waals surface area contributed by atoms with Crippen LogP contribution in [0, 0.1) is 11.3 Å². The quantitative estimate of drug-likeness (QED) is 0.471. The van der Waals surface area contributed by atoms with Crippen molar-refractivity contribution in [3.05, 3.63) is 56.0 Å². The number of nitriles is 1. The Balaban J connectivity index is 2.47. The van der Waals surface area contributed by atoms with Crippen molar-refractivity contribution in [1.29, 1.82) is 5.26 Å². The molecule has 2 aromatic rings. The van der Waals surface area contributed by atoms with E-state index in [1.54, 1.807) is 36.4 Å². The summed E-state index contributed by atoms with van der Waals surface area (Å²) in [6, 6.07) is 10.3. The molecule has 134 valence electrons. The fourth-order valence-corrected chi connectivity index (χ4v) is 3.23. The predicted molar refractivity (Wildman–Crippen MR) is 104 cm³/mol. The average Bonchev–Trinajstić information content (AvgIpc) is 2.58. The summed E-state index contributed by atoms with van der Waals surface area (Å²) in [4.78, 5) is 10.7. The van der Waals surface area contributed by atoms with E-state index in [1.165, 1.54) is 7.11 Å². The second kappa shape index (κ2) is 8.95. The Kier molecular flexibility index (Phi) is 6.92. The van der Waals surface area contributed by atoms with Crippen LogP contribution in [0.3, 0.4) is 0 Å². The van der Waals surface area contributed by atoms with Gasteiger partial charge in [0.25, 0.3) is 0 Å². The van der Waals surface area contributed by atoms with Gasteiger partial charge in [-0.05, 0) is 51.8 Å². The van der Waals surface area contributed by atoms with Crippen LogP contribution in [0.2, 0.25) is 10.0 Å². The summed E-state index contributed by atoms with van der Waals surface area (Å²) in [5.41, 5.74) is 1.51. The molecule has 0 spiro atoms. The Morgan fingerprint density at radius 1 is 1.35 bits per heavy atom. The van der Waals surface area contributed by atoms with Crippen LogP contribution in [-0.4, -0.2) is 24.8 Å². The van der Waals surface area contributed by atoms with Crippen molar-refractivity contribution in [3.8, 4) is 17.6 Å². The molecule has 0 saturated carbocycles. The SMILES string of the molecule is COc1cc(/C=C(\C#N)c2ccc(Cl)cc2Cl)cc(Br)c1OCC(=O)O. The minimum Gasteiger partial charge on any atom is -0.493 e. The summed E-state index contributed by atoms with van der Waals surface area (Å²) < 4.78 is 11.0. The lowest BCUT2D eigenvalue weighted by Crippen LogP contribution is -2.10. The maximum Gasteiger partial charge on any atom is 0.341 e. The minimum atomic E-state index is -1.10. The molecule has 0 radical (unpaired) electrons. The van der Waals surface area contributed by atoms with Gasteiger partial charge >= 0.3 is 5.97 Å². The number of allylic oxidation sites excluding steroid dienone is 1. The summed E-state index contributed by atoms with van der Waals surface area (Å²) in [7, 11) is 1.43. The number of benzene rings is 2. The van der Waals surface area contributed by atoms with Crippen LogP contribution >= 0.6 is 39.1 Å². The molecule has 1 N–H and O–H groups in total. The molecule has 0 heterocycles. The molecule has 0 aliphatic carbocycles. The predicted octanol–water partition coefficient (Wildman–Crippen LogP) is 5.29. The van der Waals surface area contributed by atoms with Gasteiger partial charge in [-0.2, -0.15) is 5.26 Å². The molecule has 2 aromatic carbocycles. The molecule has 0 unspecified atom stereocenters. The Hall–Kier alpha value is -2.20. The molecule has 2 rings (SSSR count). The lowest BCUT2D eigenvalue weighted by Gasteiger charge is -2.12. The summed E-state index contributed by atoms with van der Waals surface area (Å²) in [6.45, 7) is -0.506. The molecule has 8 heteroatoms. The lowest BCUT2D eigenvalue weighted by molar-refractivity contribution is -0.139. The number of ether oxygens (including phenoxy) is 2. The van der Waals surface area contributed by atoms with Crippen molar-refractivity contribution >= 4 is 56.8 Å². The van der Waals surface area contributed by atoms with Gasteiger partial charge in [-0.15, -0.1) is 0 Å². The van der Waals surface area contributed by atoms with Crippen LogP contribution in [0.15, 0.2) is 34.8 Å². The molecule has 0 fully saturated rings. The van der Waals surface area contributed by atoms with Gasteiger partial charge in [-0.25, -0.2) is 4.79 Å². The number of carbonyl (C=O) groups is 1. The van der Waals surface area contributed by atoms with Crippen molar-refractivity contribution in [1.82, 2.24) is 0 Å². The van der Waals surface area contributed by atoms with E-state index in [9.17, 15) is 10.1 Å². The average molecular weight is 457 g/mol. The zero-order chi connectivity index (χ0) is 19.3. The van der Waals surface area contributed by atoms with Crippen LogP contribution in [0.25, 0.3) is 11.6 Å². The number of hydrogen-bond donors (Lipinski definition) is 1. The Bertz CT molecular complexity index is 922. The molecule has 0 aromatic heterocycles. The van der Waals surface area contributed by atoms with Crippen LogP contribution < -0.4 is 9.47 Å². The Morgan fingerprint density at radius 3 is 2.65 bits per heavy atom. The highest BCUT2D eigenvalue weighted by Crippen LogP contribution is 2.38. The number of carboxylic acids is 1. The van der Waals surface area contributed by atoms with Crippen molar-refractivity contribution in [2.24, 2.45) is 0 Å². The van der Waals surface area contributed by atoms with Gasteiger partial charge in [0.1, 0.15) is 0 Å². The molecule has 0 amide bonds.